The fourth-order valence-corrected chi connectivity index (χ4v) is 3.25. The second kappa shape index (κ2) is 10.4. The van der Waals surface area contributed by atoms with Crippen LogP contribution in [0.3, 0.4) is 0 Å². The molecule has 2 unspecified atom stereocenters. The largest absolute Gasteiger partial charge is 0.356 e. The molecule has 3 rings (SSSR count). The molecule has 0 saturated carbocycles. The van der Waals surface area contributed by atoms with E-state index in [2.05, 4.69) is 43.1 Å². The summed E-state index contributed by atoms with van der Waals surface area (Å²) in [5.41, 5.74) is 1.55. The molecule has 2 heterocycles. The first kappa shape index (κ1) is 22.1. The summed E-state index contributed by atoms with van der Waals surface area (Å²) >= 11 is 0. The molecule has 2 aromatic rings. The van der Waals surface area contributed by atoms with Crippen LogP contribution < -0.4 is 5.32 Å². The Morgan fingerprint density at radius 3 is 2.54 bits per heavy atom. The van der Waals surface area contributed by atoms with Crippen molar-refractivity contribution >= 4 is 5.91 Å². The first-order chi connectivity index (χ1) is 13.3. The molecule has 28 heavy (non-hydrogen) atoms. The van der Waals surface area contributed by atoms with Crippen LogP contribution in [0.5, 0.6) is 0 Å². The summed E-state index contributed by atoms with van der Waals surface area (Å²) in [4.78, 5) is 14.5. The van der Waals surface area contributed by atoms with Gasteiger partial charge in [-0.15, -0.1) is 0 Å². The topological polar surface area (TPSA) is 58.4 Å². The van der Waals surface area contributed by atoms with Gasteiger partial charge in [-0.1, -0.05) is 39.3 Å². The van der Waals surface area contributed by atoms with Crippen molar-refractivity contribution in [1.82, 2.24) is 15.4 Å². The summed E-state index contributed by atoms with van der Waals surface area (Å²) in [5, 5.41) is 7.16. The van der Waals surface area contributed by atoms with E-state index in [9.17, 15) is 9.18 Å². The fourth-order valence-electron chi connectivity index (χ4n) is 3.25. The lowest BCUT2D eigenvalue weighted by Crippen LogP contribution is -2.59. The van der Waals surface area contributed by atoms with Crippen molar-refractivity contribution in [2.75, 3.05) is 6.54 Å². The highest BCUT2D eigenvalue weighted by Gasteiger charge is 2.33. The number of carbonyl (C=O) groups excluding carboxylic acids is 1. The monoisotopic (exact) mass is 389 g/mol. The van der Waals surface area contributed by atoms with Crippen LogP contribution in [0.2, 0.25) is 0 Å². The Morgan fingerprint density at radius 1 is 1.29 bits per heavy atom. The quantitative estimate of drug-likeness (QED) is 0.810. The predicted octanol–water partition coefficient (Wildman–Crippen LogP) is 4.63. The minimum absolute atomic E-state index is 0.0784. The average Bonchev–Trinajstić information content (AvgIpc) is 3.07. The molecule has 1 amide bonds. The van der Waals surface area contributed by atoms with Crippen LogP contribution in [0.4, 0.5) is 4.39 Å². The summed E-state index contributed by atoms with van der Waals surface area (Å²) in [6, 6.07) is 7.94. The molecule has 2 atom stereocenters. The van der Waals surface area contributed by atoms with Gasteiger partial charge in [0.05, 0.1) is 11.7 Å². The Morgan fingerprint density at radius 2 is 1.93 bits per heavy atom. The van der Waals surface area contributed by atoms with Crippen LogP contribution in [-0.4, -0.2) is 34.6 Å². The van der Waals surface area contributed by atoms with Gasteiger partial charge < -0.3 is 9.84 Å². The first-order valence-electron chi connectivity index (χ1n) is 10.1. The molecule has 1 fully saturated rings. The number of piperazine rings is 1. The van der Waals surface area contributed by atoms with Crippen LogP contribution in [0.1, 0.15) is 53.2 Å². The number of rotatable bonds is 5. The molecule has 1 N–H and O–H groups in total. The molecular weight excluding hydrogens is 357 g/mol. The zero-order chi connectivity index (χ0) is 20.7. The molecule has 0 radical (unpaired) electrons. The first-order valence-corrected chi connectivity index (χ1v) is 10.1. The third kappa shape index (κ3) is 6.16. The Bertz CT molecular complexity index is 742. The van der Waals surface area contributed by atoms with Gasteiger partial charge in [0.25, 0.3) is 0 Å². The highest BCUT2D eigenvalue weighted by atomic mass is 19.1. The molecule has 1 aliphatic rings. The number of carbonyl (C=O) groups is 1. The maximum absolute atomic E-state index is 13.0. The summed E-state index contributed by atoms with van der Waals surface area (Å²) in [5.74, 6) is 0.826. The van der Waals surface area contributed by atoms with Crippen LogP contribution >= 0.6 is 0 Å². The van der Waals surface area contributed by atoms with Gasteiger partial charge in [0.1, 0.15) is 5.82 Å². The highest BCUT2D eigenvalue weighted by molar-refractivity contribution is 5.82. The third-order valence-corrected chi connectivity index (χ3v) is 4.39. The van der Waals surface area contributed by atoms with E-state index >= 15 is 0 Å². The van der Waals surface area contributed by atoms with Gasteiger partial charge >= 0.3 is 0 Å². The summed E-state index contributed by atoms with van der Waals surface area (Å²) in [6.45, 7) is 11.8. The van der Waals surface area contributed by atoms with E-state index in [-0.39, 0.29) is 23.8 Å². The molecule has 0 spiro atoms. The number of hydrogen-bond acceptors (Lipinski definition) is 4. The molecule has 0 aliphatic carbocycles. The lowest BCUT2D eigenvalue weighted by atomic mass is 9.98. The normalized spacial score (nSPS) is 19.9. The molecule has 154 valence electrons. The Labute approximate surface area is 167 Å². The lowest BCUT2D eigenvalue weighted by molar-refractivity contribution is -0.131. The third-order valence-electron chi connectivity index (χ3n) is 4.39. The molecule has 1 aromatic heterocycles. The van der Waals surface area contributed by atoms with Gasteiger partial charge in [0.15, 0.2) is 5.76 Å². The van der Waals surface area contributed by atoms with E-state index in [1.165, 1.54) is 18.6 Å². The summed E-state index contributed by atoms with van der Waals surface area (Å²) in [7, 11) is 0. The molecule has 1 saturated heterocycles. The number of amides is 1. The number of nitrogens with zero attached hydrogens (tertiary/aromatic N) is 2. The van der Waals surface area contributed by atoms with E-state index in [0.717, 1.165) is 24.2 Å². The molecule has 5 nitrogen and oxygen atoms in total. The minimum Gasteiger partial charge on any atom is -0.356 e. The number of halogens is 1. The smallest absolute Gasteiger partial charge is 0.237 e. The molecule has 6 heteroatoms. The maximum Gasteiger partial charge on any atom is 0.237 e. The van der Waals surface area contributed by atoms with E-state index < -0.39 is 0 Å². The Balaban J connectivity index is 0.000000878. The molecule has 0 bridgehead atoms. The van der Waals surface area contributed by atoms with Crippen LogP contribution in [0, 0.1) is 11.7 Å². The van der Waals surface area contributed by atoms with Crippen molar-refractivity contribution in [2.45, 2.75) is 66.1 Å². The van der Waals surface area contributed by atoms with E-state index in [0.29, 0.717) is 18.2 Å². The van der Waals surface area contributed by atoms with Gasteiger partial charge in [0.2, 0.25) is 5.91 Å². The van der Waals surface area contributed by atoms with Gasteiger partial charge in [-0.3, -0.25) is 9.69 Å². The van der Waals surface area contributed by atoms with E-state index in [1.807, 2.05) is 13.0 Å². The van der Waals surface area contributed by atoms with Crippen molar-refractivity contribution in [1.29, 1.82) is 0 Å². The van der Waals surface area contributed by atoms with Crippen molar-refractivity contribution in [3.05, 3.63) is 41.8 Å². The number of nitrogens with one attached hydrogen (secondary N) is 1. The van der Waals surface area contributed by atoms with Gasteiger partial charge in [-0.25, -0.2) is 4.39 Å². The lowest BCUT2D eigenvalue weighted by Gasteiger charge is -2.38. The van der Waals surface area contributed by atoms with E-state index in [4.69, 9.17) is 4.52 Å². The maximum atomic E-state index is 13.0. The van der Waals surface area contributed by atoms with Crippen molar-refractivity contribution in [3.8, 4) is 11.3 Å². The van der Waals surface area contributed by atoms with Crippen molar-refractivity contribution in [2.24, 2.45) is 5.92 Å². The molecule has 1 aliphatic heterocycles. The van der Waals surface area contributed by atoms with Crippen LogP contribution in [-0.2, 0) is 11.3 Å². The van der Waals surface area contributed by atoms with Gasteiger partial charge in [-0.05, 0) is 43.5 Å². The predicted molar refractivity (Wildman–Crippen MR) is 109 cm³/mol. The van der Waals surface area contributed by atoms with Crippen LogP contribution in [0.15, 0.2) is 34.9 Å². The zero-order valence-electron chi connectivity index (χ0n) is 17.5. The number of aromatic nitrogens is 1. The van der Waals surface area contributed by atoms with E-state index in [1.54, 1.807) is 12.1 Å². The molecule has 1 aromatic carbocycles. The second-order valence-electron chi connectivity index (χ2n) is 7.88. The minimum atomic E-state index is -0.284. The van der Waals surface area contributed by atoms with Crippen LogP contribution in [0.25, 0.3) is 11.3 Å². The zero-order valence-corrected chi connectivity index (χ0v) is 17.5. The SMILES string of the molecule is CC(C)CC1C(=O)NC(C)CN1Cc1cc(-c2ccc(F)cc2)on1.CCC. The van der Waals surface area contributed by atoms with Crippen molar-refractivity contribution in [3.63, 3.8) is 0 Å². The second-order valence-corrected chi connectivity index (χ2v) is 7.88. The van der Waals surface area contributed by atoms with Gasteiger partial charge in [-0.2, -0.15) is 0 Å². The standard InChI is InChI=1S/C19H24FN3O2.C3H8/c1-12(2)8-17-19(24)21-13(3)10-23(17)11-16-9-18(25-22-16)14-4-6-15(20)7-5-14;1-3-2/h4-7,9,12-13,17H,8,10-11H2,1-3H3,(H,21,24);3H2,1-2H3. The fraction of sp³-hybridized carbons (Fsp3) is 0.545. The Hall–Kier alpha value is -2.21. The van der Waals surface area contributed by atoms with Crippen molar-refractivity contribution < 1.29 is 13.7 Å². The Kier molecular flexibility index (Phi) is 8.18. The molecular formula is C22H32FN3O2. The number of benzene rings is 1. The highest BCUT2D eigenvalue weighted by Crippen LogP contribution is 2.23. The summed E-state index contributed by atoms with van der Waals surface area (Å²) in [6.07, 6.45) is 2.06. The average molecular weight is 390 g/mol. The number of hydrogen-bond donors (Lipinski definition) is 1. The van der Waals surface area contributed by atoms with Gasteiger partial charge in [0, 0.05) is 30.8 Å². The summed E-state index contributed by atoms with van der Waals surface area (Å²) < 4.78 is 18.4.